The van der Waals surface area contributed by atoms with E-state index in [1.165, 1.54) is 0 Å². The van der Waals surface area contributed by atoms with Crippen molar-refractivity contribution in [2.75, 3.05) is 19.7 Å². The number of nitrogens with one attached hydrogen (secondary N) is 2. The SMILES string of the molecule is CCC1(CC)CC(NC(=O)CNCC(F)(F)F)CCO1. The van der Waals surface area contributed by atoms with Crippen LogP contribution in [0.1, 0.15) is 39.5 Å². The van der Waals surface area contributed by atoms with Crippen molar-refractivity contribution in [3.63, 3.8) is 0 Å². The topological polar surface area (TPSA) is 50.4 Å². The lowest BCUT2D eigenvalue weighted by Crippen LogP contribution is -2.50. The van der Waals surface area contributed by atoms with Gasteiger partial charge in [0.05, 0.1) is 18.7 Å². The Morgan fingerprint density at radius 2 is 2.00 bits per heavy atom. The van der Waals surface area contributed by atoms with E-state index >= 15 is 0 Å². The van der Waals surface area contributed by atoms with E-state index in [1.807, 2.05) is 13.8 Å². The molecule has 0 radical (unpaired) electrons. The summed E-state index contributed by atoms with van der Waals surface area (Å²) < 4.78 is 41.6. The van der Waals surface area contributed by atoms with E-state index in [2.05, 4.69) is 10.6 Å². The molecule has 0 spiro atoms. The monoisotopic (exact) mass is 296 g/mol. The van der Waals surface area contributed by atoms with Crippen LogP contribution in [0.25, 0.3) is 0 Å². The fourth-order valence-electron chi connectivity index (χ4n) is 2.49. The van der Waals surface area contributed by atoms with Crippen LogP contribution in [0.3, 0.4) is 0 Å². The van der Waals surface area contributed by atoms with Gasteiger partial charge in [-0.2, -0.15) is 13.2 Å². The Kier molecular flexibility index (Phi) is 6.26. The molecule has 0 aromatic rings. The molecule has 7 heteroatoms. The Morgan fingerprint density at radius 3 is 2.55 bits per heavy atom. The highest BCUT2D eigenvalue weighted by Gasteiger charge is 2.35. The molecule has 118 valence electrons. The zero-order valence-electron chi connectivity index (χ0n) is 12.0. The van der Waals surface area contributed by atoms with Crippen molar-refractivity contribution in [3.8, 4) is 0 Å². The quantitative estimate of drug-likeness (QED) is 0.788. The summed E-state index contributed by atoms with van der Waals surface area (Å²) >= 11 is 0. The van der Waals surface area contributed by atoms with Crippen LogP contribution < -0.4 is 10.6 Å². The highest BCUT2D eigenvalue weighted by Crippen LogP contribution is 2.31. The number of alkyl halides is 3. The van der Waals surface area contributed by atoms with Crippen molar-refractivity contribution >= 4 is 5.91 Å². The van der Waals surface area contributed by atoms with E-state index in [4.69, 9.17) is 4.74 Å². The highest BCUT2D eigenvalue weighted by molar-refractivity contribution is 5.78. The molecule has 1 rings (SSSR count). The number of halogens is 3. The lowest BCUT2D eigenvalue weighted by atomic mass is 9.86. The van der Waals surface area contributed by atoms with Crippen LogP contribution >= 0.6 is 0 Å². The van der Waals surface area contributed by atoms with Gasteiger partial charge in [-0.1, -0.05) is 13.8 Å². The maximum absolute atomic E-state index is 11.9. The number of hydrogen-bond donors (Lipinski definition) is 2. The second kappa shape index (κ2) is 7.26. The molecule has 0 bridgehead atoms. The predicted molar refractivity (Wildman–Crippen MR) is 69.4 cm³/mol. The molecule has 0 saturated carbocycles. The fraction of sp³-hybridized carbons (Fsp3) is 0.923. The normalized spacial score (nSPS) is 22.6. The summed E-state index contributed by atoms with van der Waals surface area (Å²) in [6.07, 6.45) is -1.15. The predicted octanol–water partition coefficient (Wildman–Crippen LogP) is 1.99. The highest BCUT2D eigenvalue weighted by atomic mass is 19.4. The van der Waals surface area contributed by atoms with Gasteiger partial charge in [0.25, 0.3) is 0 Å². The second-order valence-corrected chi connectivity index (χ2v) is 5.21. The van der Waals surface area contributed by atoms with Crippen molar-refractivity contribution in [1.82, 2.24) is 10.6 Å². The molecule has 4 nitrogen and oxygen atoms in total. The van der Waals surface area contributed by atoms with E-state index in [1.54, 1.807) is 0 Å². The van der Waals surface area contributed by atoms with Crippen molar-refractivity contribution in [2.45, 2.75) is 57.3 Å². The Balaban J connectivity index is 2.34. The molecule has 1 saturated heterocycles. The number of amides is 1. The van der Waals surface area contributed by atoms with E-state index in [0.29, 0.717) is 19.4 Å². The number of hydrogen-bond acceptors (Lipinski definition) is 3. The summed E-state index contributed by atoms with van der Waals surface area (Å²) in [6, 6.07) is -0.0242. The van der Waals surface area contributed by atoms with Crippen LogP contribution in [-0.4, -0.2) is 43.4 Å². The van der Waals surface area contributed by atoms with Gasteiger partial charge in [0.1, 0.15) is 0 Å². The minimum Gasteiger partial charge on any atom is -0.375 e. The molecule has 1 heterocycles. The summed E-state index contributed by atoms with van der Waals surface area (Å²) in [5, 5.41) is 4.87. The van der Waals surface area contributed by atoms with E-state index in [-0.39, 0.29) is 18.2 Å². The fourth-order valence-corrected chi connectivity index (χ4v) is 2.49. The van der Waals surface area contributed by atoms with E-state index < -0.39 is 18.6 Å². The average molecular weight is 296 g/mol. The molecule has 1 aliphatic rings. The van der Waals surface area contributed by atoms with Gasteiger partial charge in [-0.25, -0.2) is 0 Å². The van der Waals surface area contributed by atoms with Crippen molar-refractivity contribution in [3.05, 3.63) is 0 Å². The number of rotatable bonds is 6. The first-order valence-corrected chi connectivity index (χ1v) is 7.01. The molecule has 1 fully saturated rings. The van der Waals surface area contributed by atoms with Gasteiger partial charge in [0.15, 0.2) is 0 Å². The largest absolute Gasteiger partial charge is 0.401 e. The maximum Gasteiger partial charge on any atom is 0.401 e. The summed E-state index contributed by atoms with van der Waals surface area (Å²) in [7, 11) is 0. The molecular weight excluding hydrogens is 273 g/mol. The Morgan fingerprint density at radius 1 is 1.35 bits per heavy atom. The van der Waals surface area contributed by atoms with Crippen LogP contribution in [0.2, 0.25) is 0 Å². The second-order valence-electron chi connectivity index (χ2n) is 5.21. The Labute approximate surface area is 117 Å². The van der Waals surface area contributed by atoms with Crippen LogP contribution in [-0.2, 0) is 9.53 Å². The van der Waals surface area contributed by atoms with E-state index in [9.17, 15) is 18.0 Å². The van der Waals surface area contributed by atoms with Gasteiger partial charge in [-0.05, 0) is 25.7 Å². The molecule has 0 aliphatic carbocycles. The molecule has 20 heavy (non-hydrogen) atoms. The lowest BCUT2D eigenvalue weighted by Gasteiger charge is -2.40. The third-order valence-electron chi connectivity index (χ3n) is 3.76. The maximum atomic E-state index is 11.9. The number of carbonyl (C=O) groups is 1. The van der Waals surface area contributed by atoms with Gasteiger partial charge in [0, 0.05) is 12.6 Å². The lowest BCUT2D eigenvalue weighted by molar-refractivity contribution is -0.130. The van der Waals surface area contributed by atoms with Crippen LogP contribution in [0, 0.1) is 0 Å². The van der Waals surface area contributed by atoms with Gasteiger partial charge >= 0.3 is 6.18 Å². The van der Waals surface area contributed by atoms with E-state index in [0.717, 1.165) is 12.8 Å². The molecule has 1 unspecified atom stereocenters. The third kappa shape index (κ3) is 5.66. The molecule has 1 aliphatic heterocycles. The summed E-state index contributed by atoms with van der Waals surface area (Å²) in [4.78, 5) is 11.6. The molecule has 1 atom stereocenters. The third-order valence-corrected chi connectivity index (χ3v) is 3.76. The van der Waals surface area contributed by atoms with Crippen molar-refractivity contribution < 1.29 is 22.7 Å². The van der Waals surface area contributed by atoms with Gasteiger partial charge in [-0.15, -0.1) is 0 Å². The summed E-state index contributed by atoms with van der Waals surface area (Å²) in [5.41, 5.74) is -0.213. The van der Waals surface area contributed by atoms with Gasteiger partial charge in [-0.3, -0.25) is 4.79 Å². The molecule has 0 aromatic heterocycles. The molecular formula is C13H23F3N2O2. The van der Waals surface area contributed by atoms with Crippen LogP contribution in [0.4, 0.5) is 13.2 Å². The Bertz CT molecular complexity index is 317. The van der Waals surface area contributed by atoms with Crippen LogP contribution in [0.15, 0.2) is 0 Å². The zero-order chi connectivity index (χ0) is 15.2. The zero-order valence-corrected chi connectivity index (χ0v) is 12.0. The van der Waals surface area contributed by atoms with Gasteiger partial charge in [0.2, 0.25) is 5.91 Å². The number of ether oxygens (including phenoxy) is 1. The van der Waals surface area contributed by atoms with Crippen molar-refractivity contribution in [1.29, 1.82) is 0 Å². The minimum absolute atomic E-state index is 0.0242. The summed E-state index contributed by atoms with van der Waals surface area (Å²) in [5.74, 6) is -0.401. The smallest absolute Gasteiger partial charge is 0.375 e. The molecule has 2 N–H and O–H groups in total. The summed E-state index contributed by atoms with van der Waals surface area (Å²) in [6.45, 7) is 3.18. The Hall–Kier alpha value is -0.820. The number of carbonyl (C=O) groups excluding carboxylic acids is 1. The average Bonchev–Trinajstić information content (AvgIpc) is 2.37. The van der Waals surface area contributed by atoms with Gasteiger partial charge < -0.3 is 15.4 Å². The molecule has 0 aromatic carbocycles. The molecule has 1 amide bonds. The first-order chi connectivity index (χ1) is 9.30. The van der Waals surface area contributed by atoms with Crippen molar-refractivity contribution in [2.24, 2.45) is 0 Å². The van der Waals surface area contributed by atoms with Crippen LogP contribution in [0.5, 0.6) is 0 Å². The standard InChI is InChI=1S/C13H23F3N2O2/c1-3-12(4-2)7-10(5-6-20-12)18-11(19)8-17-9-13(14,15)16/h10,17H,3-9H2,1-2H3,(H,18,19). The first-order valence-electron chi connectivity index (χ1n) is 7.01. The minimum atomic E-state index is -4.29. The first kappa shape index (κ1) is 17.2.